The molecule has 0 atom stereocenters. The number of rotatable bonds is 4. The van der Waals surface area contributed by atoms with Crippen LogP contribution in [0.4, 0.5) is 0 Å². The van der Waals surface area contributed by atoms with Crippen LogP contribution in [0.5, 0.6) is 23.0 Å². The number of ether oxygens (including phenoxy) is 4. The summed E-state index contributed by atoms with van der Waals surface area (Å²) < 4.78 is 22.3. The van der Waals surface area contributed by atoms with Crippen molar-refractivity contribution in [2.24, 2.45) is 0 Å². The topological polar surface area (TPSA) is 36.9 Å². The first kappa shape index (κ1) is 16.5. The average Bonchev–Trinajstić information content (AvgIpc) is 2.61. The maximum atomic E-state index is 5.67. The summed E-state index contributed by atoms with van der Waals surface area (Å²) in [6.07, 6.45) is 4.23. The number of fused-ring (bicyclic) bond motifs is 3. The van der Waals surface area contributed by atoms with Gasteiger partial charge in [0.2, 0.25) is 0 Å². The lowest BCUT2D eigenvalue weighted by Gasteiger charge is -2.23. The van der Waals surface area contributed by atoms with Gasteiger partial charge < -0.3 is 18.9 Å². The third-order valence-corrected chi connectivity index (χ3v) is 4.67. The van der Waals surface area contributed by atoms with Crippen molar-refractivity contribution >= 4 is 0 Å². The van der Waals surface area contributed by atoms with Crippen LogP contribution in [0.25, 0.3) is 11.1 Å². The van der Waals surface area contributed by atoms with Gasteiger partial charge in [0.25, 0.3) is 0 Å². The van der Waals surface area contributed by atoms with Gasteiger partial charge in [0.15, 0.2) is 11.5 Å². The van der Waals surface area contributed by atoms with Crippen molar-refractivity contribution < 1.29 is 18.9 Å². The molecule has 0 fully saturated rings. The minimum absolute atomic E-state index is 0.729. The van der Waals surface area contributed by atoms with Crippen LogP contribution in [-0.4, -0.2) is 28.4 Å². The highest BCUT2D eigenvalue weighted by atomic mass is 16.5. The van der Waals surface area contributed by atoms with Gasteiger partial charge in [0.1, 0.15) is 11.5 Å². The highest BCUT2D eigenvalue weighted by Crippen LogP contribution is 2.45. The predicted octanol–water partition coefficient (Wildman–Crippen LogP) is 4.27. The minimum atomic E-state index is 0.729. The first-order valence-corrected chi connectivity index (χ1v) is 8.22. The fourth-order valence-electron chi connectivity index (χ4n) is 3.49. The van der Waals surface area contributed by atoms with Crippen LogP contribution in [0, 0.1) is 0 Å². The number of hydrogen-bond acceptors (Lipinski definition) is 4. The summed E-state index contributed by atoms with van der Waals surface area (Å²) in [4.78, 5) is 0. The van der Waals surface area contributed by atoms with Crippen molar-refractivity contribution in [1.29, 1.82) is 0 Å². The molecule has 0 spiro atoms. The molecule has 1 aliphatic rings. The van der Waals surface area contributed by atoms with Gasteiger partial charge >= 0.3 is 0 Å². The Morgan fingerprint density at radius 1 is 0.667 bits per heavy atom. The summed E-state index contributed by atoms with van der Waals surface area (Å²) in [6, 6.07) is 8.10. The second kappa shape index (κ2) is 7.04. The standard InChI is InChI=1S/C20H24O4/c1-21-16-9-10-17(22-2)20-14(16)8-6-5-7-13-11-18(23-3)19(24-4)12-15(13)20/h9-12H,5-8H2,1-4H3. The average molecular weight is 328 g/mol. The molecule has 2 aromatic rings. The SMILES string of the molecule is COc1cc2c(cc1OC)-c1c(OC)ccc(OC)c1CCCC2. The van der Waals surface area contributed by atoms with Crippen LogP contribution in [0.15, 0.2) is 24.3 Å². The molecular formula is C20H24O4. The molecule has 0 radical (unpaired) electrons. The summed E-state index contributed by atoms with van der Waals surface area (Å²) in [7, 11) is 6.76. The first-order chi connectivity index (χ1) is 11.7. The Kier molecular flexibility index (Phi) is 4.84. The Hall–Kier alpha value is -2.36. The summed E-state index contributed by atoms with van der Waals surface area (Å²) in [5.41, 5.74) is 4.69. The smallest absolute Gasteiger partial charge is 0.161 e. The van der Waals surface area contributed by atoms with E-state index in [4.69, 9.17) is 18.9 Å². The molecule has 0 saturated carbocycles. The maximum Gasteiger partial charge on any atom is 0.161 e. The largest absolute Gasteiger partial charge is 0.496 e. The molecule has 0 bridgehead atoms. The lowest BCUT2D eigenvalue weighted by Crippen LogP contribution is -2.05. The molecule has 4 nitrogen and oxygen atoms in total. The first-order valence-electron chi connectivity index (χ1n) is 8.22. The molecule has 2 aromatic carbocycles. The van der Waals surface area contributed by atoms with E-state index in [1.54, 1.807) is 28.4 Å². The quantitative estimate of drug-likeness (QED) is 0.840. The van der Waals surface area contributed by atoms with E-state index in [0.29, 0.717) is 0 Å². The number of hydrogen-bond donors (Lipinski definition) is 0. The van der Waals surface area contributed by atoms with Gasteiger partial charge in [-0.05, 0) is 61.1 Å². The fraction of sp³-hybridized carbons (Fsp3) is 0.400. The van der Waals surface area contributed by atoms with Crippen molar-refractivity contribution in [3.8, 4) is 34.1 Å². The van der Waals surface area contributed by atoms with Gasteiger partial charge in [0, 0.05) is 11.1 Å². The molecular weight excluding hydrogens is 304 g/mol. The third kappa shape index (κ3) is 2.77. The monoisotopic (exact) mass is 328 g/mol. The zero-order valence-corrected chi connectivity index (χ0v) is 14.8. The Balaban J connectivity index is 2.32. The second-order valence-corrected chi connectivity index (χ2v) is 5.90. The van der Waals surface area contributed by atoms with Crippen LogP contribution < -0.4 is 18.9 Å². The lowest BCUT2D eigenvalue weighted by atomic mass is 9.86. The molecule has 4 heteroatoms. The van der Waals surface area contributed by atoms with Crippen LogP contribution in [0.3, 0.4) is 0 Å². The van der Waals surface area contributed by atoms with Gasteiger partial charge in [-0.25, -0.2) is 0 Å². The fourth-order valence-corrected chi connectivity index (χ4v) is 3.49. The zero-order valence-electron chi connectivity index (χ0n) is 14.8. The van der Waals surface area contributed by atoms with E-state index in [-0.39, 0.29) is 0 Å². The summed E-state index contributed by atoms with van der Waals surface area (Å²) in [5.74, 6) is 3.27. The summed E-state index contributed by atoms with van der Waals surface area (Å²) >= 11 is 0. The van der Waals surface area contributed by atoms with E-state index >= 15 is 0 Å². The normalized spacial score (nSPS) is 13.2. The second-order valence-electron chi connectivity index (χ2n) is 5.90. The number of aryl methyl sites for hydroxylation is 1. The highest BCUT2D eigenvalue weighted by molar-refractivity contribution is 5.81. The van der Waals surface area contributed by atoms with Crippen molar-refractivity contribution in [2.45, 2.75) is 25.7 Å². The van der Waals surface area contributed by atoms with E-state index in [0.717, 1.165) is 59.8 Å². The van der Waals surface area contributed by atoms with Gasteiger partial charge in [-0.2, -0.15) is 0 Å². The van der Waals surface area contributed by atoms with Crippen LogP contribution in [0.2, 0.25) is 0 Å². The van der Waals surface area contributed by atoms with Crippen molar-refractivity contribution in [3.05, 3.63) is 35.4 Å². The molecule has 3 rings (SSSR count). The van der Waals surface area contributed by atoms with Gasteiger partial charge in [-0.3, -0.25) is 0 Å². The highest BCUT2D eigenvalue weighted by Gasteiger charge is 2.23. The molecule has 0 N–H and O–H groups in total. The molecule has 128 valence electrons. The van der Waals surface area contributed by atoms with Crippen molar-refractivity contribution in [1.82, 2.24) is 0 Å². The zero-order chi connectivity index (χ0) is 17.1. The molecule has 0 amide bonds. The molecule has 1 aliphatic carbocycles. The predicted molar refractivity (Wildman–Crippen MR) is 94.7 cm³/mol. The summed E-state index contributed by atoms with van der Waals surface area (Å²) in [6.45, 7) is 0. The van der Waals surface area contributed by atoms with E-state index < -0.39 is 0 Å². The maximum absolute atomic E-state index is 5.67. The van der Waals surface area contributed by atoms with Gasteiger partial charge in [0.05, 0.1) is 28.4 Å². The number of methoxy groups -OCH3 is 4. The van der Waals surface area contributed by atoms with Gasteiger partial charge in [-0.1, -0.05) is 0 Å². The van der Waals surface area contributed by atoms with Crippen LogP contribution in [0.1, 0.15) is 24.0 Å². The van der Waals surface area contributed by atoms with E-state index in [1.807, 2.05) is 12.1 Å². The van der Waals surface area contributed by atoms with Gasteiger partial charge in [-0.15, -0.1) is 0 Å². The van der Waals surface area contributed by atoms with Crippen molar-refractivity contribution in [2.75, 3.05) is 28.4 Å². The molecule has 24 heavy (non-hydrogen) atoms. The summed E-state index contributed by atoms with van der Waals surface area (Å²) in [5, 5.41) is 0. The molecule has 0 aromatic heterocycles. The molecule has 0 aliphatic heterocycles. The van der Waals surface area contributed by atoms with Crippen LogP contribution >= 0.6 is 0 Å². The Morgan fingerprint density at radius 3 is 1.92 bits per heavy atom. The minimum Gasteiger partial charge on any atom is -0.496 e. The lowest BCUT2D eigenvalue weighted by molar-refractivity contribution is 0.354. The van der Waals surface area contributed by atoms with E-state index in [1.165, 1.54) is 11.1 Å². The van der Waals surface area contributed by atoms with Crippen molar-refractivity contribution in [3.63, 3.8) is 0 Å². The number of benzene rings is 2. The van der Waals surface area contributed by atoms with E-state index in [2.05, 4.69) is 12.1 Å². The third-order valence-electron chi connectivity index (χ3n) is 4.67. The molecule has 0 heterocycles. The van der Waals surface area contributed by atoms with Crippen LogP contribution in [-0.2, 0) is 12.8 Å². The molecule has 0 unspecified atom stereocenters. The van der Waals surface area contributed by atoms with E-state index in [9.17, 15) is 0 Å². The Bertz CT molecular complexity index is 737. The molecule has 0 saturated heterocycles. The Labute approximate surface area is 143 Å². The Morgan fingerprint density at radius 2 is 1.25 bits per heavy atom.